The molecule has 1 spiro atoms. The number of methoxy groups -OCH3 is 1. The highest BCUT2D eigenvalue weighted by Gasteiger charge is 2.67. The monoisotopic (exact) mass is 372 g/mol. The molecule has 2 fully saturated rings. The Morgan fingerprint density at radius 1 is 1.38 bits per heavy atom. The summed E-state index contributed by atoms with van der Waals surface area (Å²) < 4.78 is 5.21. The molecule has 5 rings (SSSR count). The number of para-hydroxylation sites is 1. The second-order valence-corrected chi connectivity index (χ2v) is 7.90. The maximum Gasteiger partial charge on any atom is 0.314 e. The van der Waals surface area contributed by atoms with Crippen LogP contribution < -0.4 is 0 Å². The lowest BCUT2D eigenvalue weighted by Crippen LogP contribution is -2.63. The Hall–Kier alpha value is -1.65. The number of benzene rings is 1. The average Bonchev–Trinajstić information content (AvgIpc) is 3.21. The van der Waals surface area contributed by atoms with Crippen molar-refractivity contribution in [2.24, 2.45) is 16.3 Å². The number of ether oxygens (including phenoxy) is 1. The lowest BCUT2D eigenvalue weighted by atomic mass is 9.51. The molecule has 1 aliphatic carbocycles. The molecule has 1 saturated heterocycles. The summed E-state index contributed by atoms with van der Waals surface area (Å²) in [6.45, 7) is 4.34. The molecular weight excluding hydrogens is 348 g/mol. The van der Waals surface area contributed by atoms with Gasteiger partial charge < -0.3 is 4.74 Å². The van der Waals surface area contributed by atoms with Crippen molar-refractivity contribution in [3.63, 3.8) is 0 Å². The third-order valence-electron chi connectivity index (χ3n) is 7.10. The molecule has 0 amide bonds. The molecule has 0 N–H and O–H groups in total. The van der Waals surface area contributed by atoms with Crippen LogP contribution in [0.25, 0.3) is 0 Å². The topological polar surface area (TPSA) is 41.9 Å². The summed E-state index contributed by atoms with van der Waals surface area (Å²) in [4.78, 5) is 20.4. The van der Waals surface area contributed by atoms with Crippen molar-refractivity contribution in [1.29, 1.82) is 0 Å². The van der Waals surface area contributed by atoms with Crippen LogP contribution in [0.1, 0.15) is 31.7 Å². The van der Waals surface area contributed by atoms with E-state index in [1.807, 2.05) is 6.07 Å². The lowest BCUT2D eigenvalue weighted by Gasteiger charge is -2.55. The quantitative estimate of drug-likeness (QED) is 0.587. The fourth-order valence-electron chi connectivity index (χ4n) is 6.17. The number of esters is 1. The first-order chi connectivity index (χ1) is 12.2. The molecular formula is C21H25ClN2O2. The van der Waals surface area contributed by atoms with Gasteiger partial charge in [-0.1, -0.05) is 37.3 Å². The van der Waals surface area contributed by atoms with E-state index < -0.39 is 0 Å². The first-order valence-corrected chi connectivity index (χ1v) is 9.34. The Morgan fingerprint density at radius 2 is 2.19 bits per heavy atom. The highest BCUT2D eigenvalue weighted by atomic mass is 35.5. The van der Waals surface area contributed by atoms with Gasteiger partial charge in [-0.25, -0.2) is 0 Å². The van der Waals surface area contributed by atoms with E-state index in [1.165, 1.54) is 12.7 Å². The zero-order valence-electron chi connectivity index (χ0n) is 15.3. The second kappa shape index (κ2) is 5.93. The first-order valence-electron chi connectivity index (χ1n) is 9.34. The molecule has 1 saturated carbocycles. The number of fused-ring (bicyclic) bond motifs is 1. The van der Waals surface area contributed by atoms with E-state index in [0.717, 1.165) is 43.8 Å². The smallest absolute Gasteiger partial charge is 0.314 e. The van der Waals surface area contributed by atoms with Gasteiger partial charge in [0.25, 0.3) is 0 Å². The van der Waals surface area contributed by atoms with Crippen molar-refractivity contribution in [2.75, 3.05) is 20.2 Å². The van der Waals surface area contributed by atoms with Gasteiger partial charge in [0.2, 0.25) is 0 Å². The molecule has 138 valence electrons. The van der Waals surface area contributed by atoms with Crippen LogP contribution in [0, 0.1) is 11.3 Å². The Labute approximate surface area is 160 Å². The molecule has 0 bridgehead atoms. The van der Waals surface area contributed by atoms with Crippen LogP contribution in [-0.2, 0) is 14.9 Å². The lowest BCUT2D eigenvalue weighted by molar-refractivity contribution is -0.145. The van der Waals surface area contributed by atoms with Crippen molar-refractivity contribution in [3.8, 4) is 0 Å². The molecule has 3 aliphatic heterocycles. The van der Waals surface area contributed by atoms with Crippen molar-refractivity contribution in [1.82, 2.24) is 4.90 Å². The van der Waals surface area contributed by atoms with E-state index in [4.69, 9.17) is 9.73 Å². The summed E-state index contributed by atoms with van der Waals surface area (Å²) >= 11 is 0. The maximum absolute atomic E-state index is 12.7. The molecule has 1 aromatic rings. The van der Waals surface area contributed by atoms with Crippen molar-refractivity contribution < 1.29 is 9.53 Å². The number of hydrogen-bond acceptors (Lipinski definition) is 4. The van der Waals surface area contributed by atoms with Crippen LogP contribution in [0.3, 0.4) is 0 Å². The molecule has 1 unspecified atom stereocenters. The molecule has 1 aromatic carbocycles. The Morgan fingerprint density at radius 3 is 2.96 bits per heavy atom. The van der Waals surface area contributed by atoms with E-state index in [1.54, 1.807) is 0 Å². The van der Waals surface area contributed by atoms with E-state index in [9.17, 15) is 4.79 Å². The first kappa shape index (κ1) is 17.7. The number of carbonyl (C=O) groups is 1. The fraction of sp³-hybridized carbons (Fsp3) is 0.524. The third kappa shape index (κ3) is 1.95. The predicted octanol–water partition coefficient (Wildman–Crippen LogP) is 3.67. The van der Waals surface area contributed by atoms with Crippen LogP contribution >= 0.6 is 12.4 Å². The zero-order chi connectivity index (χ0) is 17.2. The van der Waals surface area contributed by atoms with Gasteiger partial charge in [0.15, 0.2) is 0 Å². The van der Waals surface area contributed by atoms with Gasteiger partial charge in [0.1, 0.15) is 0 Å². The van der Waals surface area contributed by atoms with Gasteiger partial charge in [-0.05, 0) is 30.9 Å². The maximum atomic E-state index is 12.7. The zero-order valence-corrected chi connectivity index (χ0v) is 16.1. The number of nitrogens with zero attached hydrogens (tertiary/aromatic N) is 2. The minimum Gasteiger partial charge on any atom is -0.469 e. The Bertz CT molecular complexity index is 820. The Balaban J connectivity index is 0.00000168. The number of rotatable bonds is 2. The summed E-state index contributed by atoms with van der Waals surface area (Å²) in [7, 11) is 1.50. The molecule has 4 atom stereocenters. The Kier molecular flexibility index (Phi) is 4.05. The van der Waals surface area contributed by atoms with E-state index in [2.05, 4.69) is 42.2 Å². The summed E-state index contributed by atoms with van der Waals surface area (Å²) in [5.74, 6) is -0.370. The van der Waals surface area contributed by atoms with Crippen LogP contribution in [0.2, 0.25) is 0 Å². The summed E-state index contributed by atoms with van der Waals surface area (Å²) in [5, 5.41) is 0. The van der Waals surface area contributed by atoms with Gasteiger partial charge in [-0.2, -0.15) is 0 Å². The molecule has 4 nitrogen and oxygen atoms in total. The molecule has 5 heteroatoms. The van der Waals surface area contributed by atoms with Gasteiger partial charge in [0.05, 0.1) is 24.1 Å². The third-order valence-corrected chi connectivity index (χ3v) is 7.10. The van der Waals surface area contributed by atoms with Crippen LogP contribution in [-0.4, -0.2) is 42.8 Å². The molecule has 0 radical (unpaired) electrons. The van der Waals surface area contributed by atoms with Crippen LogP contribution in [0.5, 0.6) is 0 Å². The van der Waals surface area contributed by atoms with E-state index in [0.29, 0.717) is 6.04 Å². The summed E-state index contributed by atoms with van der Waals surface area (Å²) in [5.41, 5.74) is 3.32. The number of hydrogen-bond donors (Lipinski definition) is 0. The minimum atomic E-state index is -0.240. The van der Waals surface area contributed by atoms with Crippen molar-refractivity contribution in [3.05, 3.63) is 42.0 Å². The summed E-state index contributed by atoms with van der Waals surface area (Å²) in [6, 6.07) is 8.89. The highest BCUT2D eigenvalue weighted by molar-refractivity contribution is 6.13. The average molecular weight is 373 g/mol. The number of carbonyl (C=O) groups excluding carboxylic acids is 1. The normalized spacial score (nSPS) is 36.5. The molecule has 26 heavy (non-hydrogen) atoms. The number of aliphatic imine (C=N–C) groups is 1. The van der Waals surface area contributed by atoms with E-state index >= 15 is 0 Å². The van der Waals surface area contributed by atoms with Gasteiger partial charge in [-0.15, -0.1) is 12.4 Å². The summed E-state index contributed by atoms with van der Waals surface area (Å²) in [6.07, 6.45) is 7.59. The second-order valence-electron chi connectivity index (χ2n) is 7.90. The largest absolute Gasteiger partial charge is 0.469 e. The van der Waals surface area contributed by atoms with Crippen molar-refractivity contribution in [2.45, 2.75) is 37.6 Å². The molecule has 0 aromatic heterocycles. The van der Waals surface area contributed by atoms with Gasteiger partial charge in [-0.3, -0.25) is 14.7 Å². The number of halogens is 1. The fourth-order valence-corrected chi connectivity index (χ4v) is 6.17. The van der Waals surface area contributed by atoms with Gasteiger partial charge >= 0.3 is 5.97 Å². The SMILES string of the molecule is CC[C@]12C=CCN3CC[C@]4(C(=Nc5ccccc54)C(C(=O)OC)C1)[C@@H]32.Cl. The highest BCUT2D eigenvalue weighted by Crippen LogP contribution is 2.62. The van der Waals surface area contributed by atoms with E-state index in [-0.39, 0.29) is 35.1 Å². The van der Waals surface area contributed by atoms with Gasteiger partial charge in [0, 0.05) is 30.3 Å². The minimum absolute atomic E-state index is 0. The molecule has 4 aliphatic rings. The predicted molar refractivity (Wildman–Crippen MR) is 104 cm³/mol. The van der Waals surface area contributed by atoms with Crippen LogP contribution in [0.4, 0.5) is 5.69 Å². The van der Waals surface area contributed by atoms with Crippen LogP contribution in [0.15, 0.2) is 41.4 Å². The van der Waals surface area contributed by atoms with Crippen molar-refractivity contribution >= 4 is 29.8 Å². The molecule has 3 heterocycles. The standard InChI is InChI=1S/C21H24N2O2.ClH/c1-3-20-9-6-11-23-12-10-21(19(20)23)15-7-4-5-8-16(15)22-17(21)14(13-20)18(24)25-2;/h4-9,14,19H,3,10-13H2,1-2H3;1H/t14?,19-,20-,21-;/m0./s1.